The van der Waals surface area contributed by atoms with E-state index < -0.39 is 5.91 Å². The van der Waals surface area contributed by atoms with Gasteiger partial charge in [-0.05, 0) is 49.3 Å². The molecule has 4 N–H and O–H groups in total. The molecule has 1 aliphatic carbocycles. The van der Waals surface area contributed by atoms with Gasteiger partial charge in [0, 0.05) is 32.4 Å². The molecule has 0 atom stereocenters. The van der Waals surface area contributed by atoms with Gasteiger partial charge >= 0.3 is 0 Å². The highest BCUT2D eigenvalue weighted by Crippen LogP contribution is 2.40. The van der Waals surface area contributed by atoms with Crippen molar-refractivity contribution in [2.45, 2.75) is 45.6 Å². The third-order valence-electron chi connectivity index (χ3n) is 5.11. The third-order valence-corrected chi connectivity index (χ3v) is 5.11. The maximum Gasteiger partial charge on any atom is 0.248 e. The summed E-state index contributed by atoms with van der Waals surface area (Å²) in [5, 5.41) is 6.82. The van der Waals surface area contributed by atoms with E-state index in [4.69, 9.17) is 10.5 Å². The van der Waals surface area contributed by atoms with Crippen molar-refractivity contribution in [3.05, 3.63) is 35.4 Å². The summed E-state index contributed by atoms with van der Waals surface area (Å²) >= 11 is 0. The van der Waals surface area contributed by atoms with Crippen molar-refractivity contribution in [2.24, 2.45) is 16.1 Å². The maximum atomic E-state index is 11.3. The Balaban J connectivity index is 1.99. The fraction of sp³-hybridized carbons (Fsp3) is 0.600. The van der Waals surface area contributed by atoms with Gasteiger partial charge in [-0.2, -0.15) is 0 Å². The predicted molar refractivity (Wildman–Crippen MR) is 105 cm³/mol. The van der Waals surface area contributed by atoms with Gasteiger partial charge in [-0.3, -0.25) is 4.79 Å². The van der Waals surface area contributed by atoms with E-state index in [1.807, 2.05) is 12.1 Å². The molecule has 1 saturated carbocycles. The molecular formula is C20H32N4O2. The van der Waals surface area contributed by atoms with Gasteiger partial charge in [-0.15, -0.1) is 0 Å². The molecule has 0 aromatic heterocycles. The van der Waals surface area contributed by atoms with Crippen LogP contribution in [-0.2, 0) is 11.3 Å². The molecule has 6 heteroatoms. The molecule has 0 aliphatic heterocycles. The molecule has 0 radical (unpaired) electrons. The number of carbonyl (C=O) groups excluding carboxylic acids is 1. The lowest BCUT2D eigenvalue weighted by Gasteiger charge is -2.30. The number of aliphatic imine (C=N–C) groups is 1. The van der Waals surface area contributed by atoms with E-state index >= 15 is 0 Å². The second kappa shape index (κ2) is 10.2. The van der Waals surface area contributed by atoms with Crippen LogP contribution in [0.25, 0.3) is 0 Å². The van der Waals surface area contributed by atoms with Crippen LogP contribution in [0.2, 0.25) is 0 Å². The largest absolute Gasteiger partial charge is 0.385 e. The Morgan fingerprint density at radius 1 is 1.31 bits per heavy atom. The van der Waals surface area contributed by atoms with Gasteiger partial charge in [0.25, 0.3) is 0 Å². The first kappa shape index (κ1) is 20.2. The van der Waals surface area contributed by atoms with E-state index in [0.717, 1.165) is 37.6 Å². The van der Waals surface area contributed by atoms with Crippen LogP contribution in [0, 0.1) is 5.41 Å². The lowest BCUT2D eigenvalue weighted by molar-refractivity contribution is 0.1000. The highest BCUT2D eigenvalue weighted by molar-refractivity contribution is 5.92. The number of nitrogens with two attached hydrogens (primary N) is 1. The maximum absolute atomic E-state index is 11.3. The molecule has 0 saturated heterocycles. The smallest absolute Gasteiger partial charge is 0.248 e. The van der Waals surface area contributed by atoms with E-state index in [0.29, 0.717) is 17.5 Å². The molecular weight excluding hydrogens is 328 g/mol. The fourth-order valence-electron chi connectivity index (χ4n) is 3.56. The normalized spacial score (nSPS) is 16.5. The first-order valence-electron chi connectivity index (χ1n) is 9.48. The van der Waals surface area contributed by atoms with Gasteiger partial charge in [-0.25, -0.2) is 4.99 Å². The molecule has 2 rings (SSSR count). The number of guanidine groups is 1. The highest BCUT2D eigenvalue weighted by Gasteiger charge is 2.33. The lowest BCUT2D eigenvalue weighted by Crippen LogP contribution is -2.43. The summed E-state index contributed by atoms with van der Waals surface area (Å²) in [6.07, 6.45) is 6.14. The summed E-state index contributed by atoms with van der Waals surface area (Å²) in [5.41, 5.74) is 7.13. The van der Waals surface area contributed by atoms with Gasteiger partial charge in [0.05, 0.1) is 6.54 Å². The van der Waals surface area contributed by atoms with Crippen LogP contribution in [0.3, 0.4) is 0 Å². The van der Waals surface area contributed by atoms with Gasteiger partial charge in [0.1, 0.15) is 0 Å². The van der Waals surface area contributed by atoms with Crippen molar-refractivity contribution in [1.82, 2.24) is 10.6 Å². The summed E-state index contributed by atoms with van der Waals surface area (Å²) < 4.78 is 5.31. The number of methoxy groups -OCH3 is 1. The number of amides is 1. The number of ether oxygens (including phenoxy) is 1. The second-order valence-corrected chi connectivity index (χ2v) is 7.06. The monoisotopic (exact) mass is 360 g/mol. The molecule has 6 nitrogen and oxygen atoms in total. The second-order valence-electron chi connectivity index (χ2n) is 7.06. The van der Waals surface area contributed by atoms with Crippen molar-refractivity contribution < 1.29 is 9.53 Å². The Morgan fingerprint density at radius 2 is 2.08 bits per heavy atom. The van der Waals surface area contributed by atoms with Crippen LogP contribution < -0.4 is 16.4 Å². The van der Waals surface area contributed by atoms with Crippen molar-refractivity contribution >= 4 is 11.9 Å². The average molecular weight is 361 g/mol. The lowest BCUT2D eigenvalue weighted by atomic mass is 9.83. The van der Waals surface area contributed by atoms with Gasteiger partial charge in [0.15, 0.2) is 5.96 Å². The van der Waals surface area contributed by atoms with E-state index in [2.05, 4.69) is 22.5 Å². The summed E-state index contributed by atoms with van der Waals surface area (Å²) in [5.74, 6) is 0.392. The van der Waals surface area contributed by atoms with Gasteiger partial charge in [0.2, 0.25) is 5.91 Å². The fourth-order valence-corrected chi connectivity index (χ4v) is 3.56. The Hall–Kier alpha value is -2.08. The van der Waals surface area contributed by atoms with E-state index in [1.165, 1.54) is 25.7 Å². The molecule has 1 aromatic carbocycles. The zero-order valence-corrected chi connectivity index (χ0v) is 16.0. The summed E-state index contributed by atoms with van der Waals surface area (Å²) in [7, 11) is 1.77. The minimum absolute atomic E-state index is 0.304. The first-order chi connectivity index (χ1) is 12.6. The number of primary amides is 1. The van der Waals surface area contributed by atoms with Crippen LogP contribution in [0.1, 0.15) is 54.9 Å². The van der Waals surface area contributed by atoms with Crippen molar-refractivity contribution in [3.8, 4) is 0 Å². The molecule has 0 unspecified atom stereocenters. The molecule has 1 aliphatic rings. The number of hydrogen-bond acceptors (Lipinski definition) is 3. The van der Waals surface area contributed by atoms with Gasteiger partial charge in [-0.1, -0.05) is 25.0 Å². The number of nitrogens with zero attached hydrogens (tertiary/aromatic N) is 1. The highest BCUT2D eigenvalue weighted by atomic mass is 16.5. The molecule has 0 bridgehead atoms. The Kier molecular flexibility index (Phi) is 7.91. The molecule has 144 valence electrons. The average Bonchev–Trinajstić information content (AvgIpc) is 3.12. The number of benzene rings is 1. The molecule has 1 aromatic rings. The van der Waals surface area contributed by atoms with E-state index in [-0.39, 0.29) is 0 Å². The minimum atomic E-state index is -0.415. The molecule has 0 spiro atoms. The molecule has 1 fully saturated rings. The molecule has 1 amide bonds. The van der Waals surface area contributed by atoms with Crippen LogP contribution in [0.15, 0.2) is 29.3 Å². The summed E-state index contributed by atoms with van der Waals surface area (Å²) in [4.78, 5) is 16.0. The molecule has 0 heterocycles. The third kappa shape index (κ3) is 6.02. The molecule has 26 heavy (non-hydrogen) atoms. The van der Waals surface area contributed by atoms with Crippen molar-refractivity contribution in [2.75, 3.05) is 26.8 Å². The van der Waals surface area contributed by atoms with Crippen LogP contribution in [-0.4, -0.2) is 38.7 Å². The van der Waals surface area contributed by atoms with Crippen LogP contribution >= 0.6 is 0 Å². The zero-order chi connectivity index (χ0) is 18.8. The number of nitrogens with one attached hydrogen (secondary N) is 2. The SMILES string of the molecule is CCNC(=NCc1cccc(C(N)=O)c1)NCC1(CCOC)CCCC1. The number of rotatable bonds is 9. The summed E-state index contributed by atoms with van der Waals surface area (Å²) in [6.45, 7) is 5.07. The standard InChI is InChI=1S/C20H32N4O2/c1-3-22-19(23-14-16-7-6-8-17(13-16)18(21)25)24-15-20(11-12-26-2)9-4-5-10-20/h6-8,13H,3-5,9-12,14-15H2,1-2H3,(H2,21,25)(H2,22,23,24). The topological polar surface area (TPSA) is 88.7 Å². The quantitative estimate of drug-likeness (QED) is 0.466. The van der Waals surface area contributed by atoms with Crippen molar-refractivity contribution in [1.29, 1.82) is 0 Å². The summed E-state index contributed by atoms with van der Waals surface area (Å²) in [6, 6.07) is 7.31. The Labute approximate surface area is 156 Å². The van der Waals surface area contributed by atoms with Crippen molar-refractivity contribution in [3.63, 3.8) is 0 Å². The number of hydrogen-bond donors (Lipinski definition) is 3. The predicted octanol–water partition coefficient (Wildman–Crippen LogP) is 2.44. The Bertz CT molecular complexity index is 610. The van der Waals surface area contributed by atoms with Crippen LogP contribution in [0.5, 0.6) is 0 Å². The zero-order valence-electron chi connectivity index (χ0n) is 16.0. The van der Waals surface area contributed by atoms with E-state index in [1.54, 1.807) is 19.2 Å². The Morgan fingerprint density at radius 3 is 2.73 bits per heavy atom. The van der Waals surface area contributed by atoms with Crippen LogP contribution in [0.4, 0.5) is 0 Å². The van der Waals surface area contributed by atoms with E-state index in [9.17, 15) is 4.79 Å². The minimum Gasteiger partial charge on any atom is -0.385 e. The first-order valence-corrected chi connectivity index (χ1v) is 9.48. The number of carbonyl (C=O) groups is 1. The van der Waals surface area contributed by atoms with Gasteiger partial charge < -0.3 is 21.1 Å².